The first-order chi connectivity index (χ1) is 14.0. The average Bonchev–Trinajstić information content (AvgIpc) is 3.16. The fourth-order valence-corrected chi connectivity index (χ4v) is 4.44. The van der Waals surface area contributed by atoms with Crippen molar-refractivity contribution in [1.29, 1.82) is 0 Å². The van der Waals surface area contributed by atoms with Gasteiger partial charge in [0.25, 0.3) is 5.22 Å². The van der Waals surface area contributed by atoms with Crippen molar-refractivity contribution < 1.29 is 13.9 Å². The van der Waals surface area contributed by atoms with Crippen molar-refractivity contribution in [2.45, 2.75) is 70.1 Å². The number of rotatable bonds is 9. The Hall–Kier alpha value is -2.02. The third-order valence-electron chi connectivity index (χ3n) is 5.55. The monoisotopic (exact) mass is 417 g/mol. The maximum absolute atomic E-state index is 12.2. The standard InChI is InChI=1S/C22H31N3O3S/c1-15-7-4-5-9-18(15)23-20(26)14-29-22-25-24-21(28-22)10-6-8-17-11-12-19(27-3)16(2)13-17/h11-13,15,18H,4-10,14H2,1-3H3,(H,23,26)/t15-,18-/m0/s1. The van der Waals surface area contributed by atoms with E-state index in [0.29, 0.717) is 28.8 Å². The van der Waals surface area contributed by atoms with E-state index in [1.165, 1.54) is 36.6 Å². The molecule has 0 spiro atoms. The Bertz CT molecular complexity index is 808. The van der Waals surface area contributed by atoms with Crippen molar-refractivity contribution in [3.05, 3.63) is 35.2 Å². The first-order valence-corrected chi connectivity index (χ1v) is 11.4. The van der Waals surface area contributed by atoms with E-state index in [0.717, 1.165) is 37.0 Å². The molecule has 0 unspecified atom stereocenters. The van der Waals surface area contributed by atoms with Crippen LogP contribution in [0.15, 0.2) is 27.8 Å². The number of aromatic nitrogens is 2. The van der Waals surface area contributed by atoms with E-state index in [1.807, 2.05) is 6.07 Å². The smallest absolute Gasteiger partial charge is 0.277 e. The number of carbonyl (C=O) groups is 1. The molecule has 0 bridgehead atoms. The molecule has 1 N–H and O–H groups in total. The normalized spacial score (nSPS) is 19.1. The molecule has 1 fully saturated rings. The maximum Gasteiger partial charge on any atom is 0.277 e. The van der Waals surface area contributed by atoms with Crippen molar-refractivity contribution in [3.63, 3.8) is 0 Å². The van der Waals surface area contributed by atoms with Crippen LogP contribution >= 0.6 is 11.8 Å². The highest BCUT2D eigenvalue weighted by atomic mass is 32.2. The van der Waals surface area contributed by atoms with E-state index in [1.54, 1.807) is 7.11 Å². The number of benzene rings is 1. The third kappa shape index (κ3) is 6.49. The quantitative estimate of drug-likeness (QED) is 0.611. The molecule has 1 amide bonds. The molecule has 1 aliphatic rings. The Morgan fingerprint density at radius 1 is 1.28 bits per heavy atom. The largest absolute Gasteiger partial charge is 0.496 e. The van der Waals surface area contributed by atoms with Gasteiger partial charge in [-0.25, -0.2) is 0 Å². The first kappa shape index (κ1) is 21.7. The Labute approximate surface area is 177 Å². The molecular weight excluding hydrogens is 386 g/mol. The van der Waals surface area contributed by atoms with Crippen molar-refractivity contribution in [2.75, 3.05) is 12.9 Å². The van der Waals surface area contributed by atoms with Gasteiger partial charge in [0.2, 0.25) is 11.8 Å². The van der Waals surface area contributed by atoms with Gasteiger partial charge in [0.05, 0.1) is 12.9 Å². The van der Waals surface area contributed by atoms with Crippen molar-refractivity contribution in [2.24, 2.45) is 5.92 Å². The highest BCUT2D eigenvalue weighted by Gasteiger charge is 2.23. The Morgan fingerprint density at radius 2 is 2.10 bits per heavy atom. The molecule has 1 aromatic carbocycles. The van der Waals surface area contributed by atoms with Crippen LogP contribution in [-0.2, 0) is 17.6 Å². The van der Waals surface area contributed by atoms with Crippen molar-refractivity contribution >= 4 is 17.7 Å². The summed E-state index contributed by atoms with van der Waals surface area (Å²) in [4.78, 5) is 12.2. The average molecular weight is 418 g/mol. The van der Waals surface area contributed by atoms with Crippen LogP contribution < -0.4 is 10.1 Å². The van der Waals surface area contributed by atoms with Crippen LogP contribution in [0, 0.1) is 12.8 Å². The molecule has 0 saturated heterocycles. The number of methoxy groups -OCH3 is 1. The van der Waals surface area contributed by atoms with E-state index >= 15 is 0 Å². The SMILES string of the molecule is COc1ccc(CCCc2nnc(SCC(=O)N[C@H]3CCCC[C@@H]3C)o2)cc1C. The van der Waals surface area contributed by atoms with Crippen LogP contribution in [0.2, 0.25) is 0 Å². The van der Waals surface area contributed by atoms with Gasteiger partial charge < -0.3 is 14.5 Å². The summed E-state index contributed by atoms with van der Waals surface area (Å²) in [6.45, 7) is 4.27. The van der Waals surface area contributed by atoms with E-state index < -0.39 is 0 Å². The number of carbonyl (C=O) groups excluding carboxylic acids is 1. The summed E-state index contributed by atoms with van der Waals surface area (Å²) in [5, 5.41) is 11.8. The van der Waals surface area contributed by atoms with Gasteiger partial charge in [-0.2, -0.15) is 0 Å². The summed E-state index contributed by atoms with van der Waals surface area (Å²) in [6, 6.07) is 6.55. The summed E-state index contributed by atoms with van der Waals surface area (Å²) in [5.74, 6) is 2.45. The van der Waals surface area contributed by atoms with Crippen LogP contribution in [-0.4, -0.2) is 35.0 Å². The molecule has 3 rings (SSSR count). The second-order valence-corrected chi connectivity index (χ2v) is 8.77. The number of hydrogen-bond acceptors (Lipinski definition) is 6. The van der Waals surface area contributed by atoms with Gasteiger partial charge in [0, 0.05) is 12.5 Å². The lowest BCUT2D eigenvalue weighted by Gasteiger charge is -2.29. The van der Waals surface area contributed by atoms with Gasteiger partial charge in [0.1, 0.15) is 5.75 Å². The number of amides is 1. The topological polar surface area (TPSA) is 77.2 Å². The zero-order valence-electron chi connectivity index (χ0n) is 17.6. The first-order valence-electron chi connectivity index (χ1n) is 10.4. The molecule has 7 heteroatoms. The zero-order valence-corrected chi connectivity index (χ0v) is 18.4. The minimum Gasteiger partial charge on any atom is -0.496 e. The third-order valence-corrected chi connectivity index (χ3v) is 6.37. The van der Waals surface area contributed by atoms with Crippen LogP contribution in [0.5, 0.6) is 5.75 Å². The summed E-state index contributed by atoms with van der Waals surface area (Å²) in [5.41, 5.74) is 2.41. The molecule has 1 saturated carbocycles. The van der Waals surface area contributed by atoms with E-state index in [4.69, 9.17) is 9.15 Å². The zero-order chi connectivity index (χ0) is 20.6. The van der Waals surface area contributed by atoms with Crippen LogP contribution in [0.25, 0.3) is 0 Å². The Morgan fingerprint density at radius 3 is 2.86 bits per heavy atom. The number of thioether (sulfide) groups is 1. The van der Waals surface area contributed by atoms with E-state index in [2.05, 4.69) is 41.5 Å². The lowest BCUT2D eigenvalue weighted by molar-refractivity contribution is -0.119. The maximum atomic E-state index is 12.2. The molecule has 1 heterocycles. The summed E-state index contributed by atoms with van der Waals surface area (Å²) in [6.07, 6.45) is 7.34. The molecule has 0 radical (unpaired) electrons. The van der Waals surface area contributed by atoms with E-state index in [9.17, 15) is 4.79 Å². The fourth-order valence-electron chi connectivity index (χ4n) is 3.84. The highest BCUT2D eigenvalue weighted by Crippen LogP contribution is 2.24. The summed E-state index contributed by atoms with van der Waals surface area (Å²) < 4.78 is 11.0. The molecule has 1 aromatic heterocycles. The number of nitrogens with zero attached hydrogens (tertiary/aromatic N) is 2. The highest BCUT2D eigenvalue weighted by molar-refractivity contribution is 7.99. The predicted octanol–water partition coefficient (Wildman–Crippen LogP) is 4.35. The molecular formula is C22H31N3O3S. The van der Waals surface area contributed by atoms with Gasteiger partial charge >= 0.3 is 0 Å². The van der Waals surface area contributed by atoms with Crippen molar-refractivity contribution in [1.82, 2.24) is 15.5 Å². The van der Waals surface area contributed by atoms with Gasteiger partial charge in [0.15, 0.2) is 0 Å². The minimum atomic E-state index is 0.0448. The lowest BCUT2D eigenvalue weighted by Crippen LogP contribution is -2.41. The van der Waals surface area contributed by atoms with Crippen LogP contribution in [0.4, 0.5) is 0 Å². The Kier molecular flexibility index (Phi) is 7.98. The number of aryl methyl sites for hydroxylation is 3. The van der Waals surface area contributed by atoms with Crippen LogP contribution in [0.1, 0.15) is 56.0 Å². The molecule has 158 valence electrons. The van der Waals surface area contributed by atoms with Crippen molar-refractivity contribution in [3.8, 4) is 5.75 Å². The number of ether oxygens (including phenoxy) is 1. The molecule has 0 aliphatic heterocycles. The van der Waals surface area contributed by atoms with Gasteiger partial charge in [-0.05, 0) is 55.7 Å². The molecule has 1 aliphatic carbocycles. The molecule has 29 heavy (non-hydrogen) atoms. The minimum absolute atomic E-state index is 0.0448. The van der Waals surface area contributed by atoms with E-state index in [-0.39, 0.29) is 5.91 Å². The number of nitrogens with one attached hydrogen (secondary N) is 1. The van der Waals surface area contributed by atoms with Gasteiger partial charge in [-0.1, -0.05) is 43.7 Å². The second-order valence-electron chi connectivity index (χ2n) is 7.84. The lowest BCUT2D eigenvalue weighted by atomic mass is 9.86. The van der Waals surface area contributed by atoms with Gasteiger partial charge in [-0.15, -0.1) is 10.2 Å². The van der Waals surface area contributed by atoms with Gasteiger partial charge in [-0.3, -0.25) is 4.79 Å². The number of hydrogen-bond donors (Lipinski definition) is 1. The van der Waals surface area contributed by atoms with Crippen LogP contribution in [0.3, 0.4) is 0 Å². The summed E-state index contributed by atoms with van der Waals surface area (Å²) in [7, 11) is 1.69. The predicted molar refractivity (Wildman–Crippen MR) is 114 cm³/mol. The second kappa shape index (κ2) is 10.7. The molecule has 6 nitrogen and oxygen atoms in total. The fraction of sp³-hybridized carbons (Fsp3) is 0.591. The molecule has 2 aromatic rings. The summed E-state index contributed by atoms with van der Waals surface area (Å²) >= 11 is 1.31. The molecule has 2 atom stereocenters. The Balaban J connectivity index is 1.39.